The van der Waals surface area contributed by atoms with Gasteiger partial charge in [-0.25, -0.2) is 0 Å². The first kappa shape index (κ1) is 16.4. The Kier molecular flexibility index (Phi) is 5.41. The molecular weight excluding hydrogens is 318 g/mol. The SMILES string of the molecule is NCC(CC(=O)Oc1ccccc1)c1ccc(-c2ccsc2)cc1. The number of para-hydroxylation sites is 1. The molecular formula is C20H19NO2S. The summed E-state index contributed by atoms with van der Waals surface area (Å²) in [6.07, 6.45) is 0.267. The number of esters is 1. The molecule has 0 aliphatic rings. The average molecular weight is 337 g/mol. The van der Waals surface area contributed by atoms with Crippen molar-refractivity contribution in [3.05, 3.63) is 77.0 Å². The Hall–Kier alpha value is -2.43. The van der Waals surface area contributed by atoms with E-state index in [1.807, 2.05) is 30.3 Å². The summed E-state index contributed by atoms with van der Waals surface area (Å²) in [6, 6.07) is 19.4. The standard InChI is InChI=1S/C20H19NO2S/c21-13-18(12-20(22)23-19-4-2-1-3-5-19)16-8-6-15(7-9-16)17-10-11-24-14-17/h1-11,14,18H,12-13,21H2. The van der Waals surface area contributed by atoms with Gasteiger partial charge in [0, 0.05) is 5.92 Å². The van der Waals surface area contributed by atoms with Gasteiger partial charge in [-0.2, -0.15) is 11.3 Å². The second-order valence-corrected chi connectivity index (χ2v) is 6.34. The van der Waals surface area contributed by atoms with Crippen LogP contribution in [0, 0.1) is 0 Å². The van der Waals surface area contributed by atoms with Crippen molar-refractivity contribution >= 4 is 17.3 Å². The molecule has 24 heavy (non-hydrogen) atoms. The van der Waals surface area contributed by atoms with Crippen LogP contribution in [0.4, 0.5) is 0 Å². The summed E-state index contributed by atoms with van der Waals surface area (Å²) in [4.78, 5) is 12.1. The fourth-order valence-electron chi connectivity index (χ4n) is 2.58. The molecule has 3 nitrogen and oxygen atoms in total. The van der Waals surface area contributed by atoms with Gasteiger partial charge in [0.1, 0.15) is 5.75 Å². The Labute approximate surface area is 145 Å². The Bertz CT molecular complexity index is 767. The smallest absolute Gasteiger partial charge is 0.311 e. The molecule has 1 unspecified atom stereocenters. The zero-order valence-corrected chi connectivity index (χ0v) is 14.0. The minimum Gasteiger partial charge on any atom is -0.427 e. The first-order chi connectivity index (χ1) is 11.8. The molecule has 122 valence electrons. The molecule has 1 atom stereocenters. The van der Waals surface area contributed by atoms with Crippen molar-refractivity contribution in [2.75, 3.05) is 6.54 Å². The van der Waals surface area contributed by atoms with E-state index in [2.05, 4.69) is 29.0 Å². The molecule has 0 bridgehead atoms. The summed E-state index contributed by atoms with van der Waals surface area (Å²) in [6.45, 7) is 0.404. The number of hydrogen-bond acceptors (Lipinski definition) is 4. The summed E-state index contributed by atoms with van der Waals surface area (Å²) in [5, 5.41) is 4.18. The molecule has 1 aromatic heterocycles. The molecule has 0 radical (unpaired) electrons. The summed E-state index contributed by atoms with van der Waals surface area (Å²) >= 11 is 1.68. The quantitative estimate of drug-likeness (QED) is 0.534. The van der Waals surface area contributed by atoms with E-state index in [0.29, 0.717) is 12.3 Å². The van der Waals surface area contributed by atoms with Gasteiger partial charge in [0.05, 0.1) is 6.42 Å². The van der Waals surface area contributed by atoms with E-state index in [1.165, 1.54) is 11.1 Å². The van der Waals surface area contributed by atoms with Gasteiger partial charge in [0.25, 0.3) is 0 Å². The number of rotatable bonds is 6. The highest BCUT2D eigenvalue weighted by Gasteiger charge is 2.16. The van der Waals surface area contributed by atoms with Gasteiger partial charge in [-0.1, -0.05) is 42.5 Å². The molecule has 4 heteroatoms. The van der Waals surface area contributed by atoms with Crippen LogP contribution in [0.5, 0.6) is 5.75 Å². The van der Waals surface area contributed by atoms with Gasteiger partial charge in [0.15, 0.2) is 0 Å². The second-order valence-electron chi connectivity index (χ2n) is 5.56. The number of thiophene rings is 1. The van der Waals surface area contributed by atoms with Crippen LogP contribution in [0.2, 0.25) is 0 Å². The molecule has 0 saturated heterocycles. The minimum atomic E-state index is -0.265. The normalized spacial score (nSPS) is 11.9. The molecule has 1 heterocycles. The van der Waals surface area contributed by atoms with E-state index in [-0.39, 0.29) is 18.3 Å². The molecule has 3 rings (SSSR count). The molecule has 0 fully saturated rings. The highest BCUT2D eigenvalue weighted by Crippen LogP contribution is 2.26. The summed E-state index contributed by atoms with van der Waals surface area (Å²) in [5.41, 5.74) is 9.31. The van der Waals surface area contributed by atoms with E-state index < -0.39 is 0 Å². The number of ether oxygens (including phenoxy) is 1. The van der Waals surface area contributed by atoms with Gasteiger partial charge < -0.3 is 10.5 Å². The predicted octanol–water partition coefficient (Wildman–Crippen LogP) is 4.45. The second kappa shape index (κ2) is 7.90. The number of carbonyl (C=O) groups is 1. The number of carbonyl (C=O) groups excluding carboxylic acids is 1. The molecule has 2 aromatic carbocycles. The van der Waals surface area contributed by atoms with Crippen LogP contribution >= 0.6 is 11.3 Å². The van der Waals surface area contributed by atoms with Crippen molar-refractivity contribution in [1.29, 1.82) is 0 Å². The van der Waals surface area contributed by atoms with Crippen LogP contribution in [0.3, 0.4) is 0 Å². The third-order valence-corrected chi connectivity index (χ3v) is 4.59. The van der Waals surface area contributed by atoms with E-state index >= 15 is 0 Å². The van der Waals surface area contributed by atoms with Gasteiger partial charge in [-0.15, -0.1) is 0 Å². The lowest BCUT2D eigenvalue weighted by Crippen LogP contribution is -2.19. The van der Waals surface area contributed by atoms with Crippen LogP contribution in [0.25, 0.3) is 11.1 Å². The van der Waals surface area contributed by atoms with E-state index in [1.54, 1.807) is 23.5 Å². The van der Waals surface area contributed by atoms with Crippen molar-refractivity contribution in [2.45, 2.75) is 12.3 Å². The van der Waals surface area contributed by atoms with Gasteiger partial charge in [-0.05, 0) is 52.2 Å². The third kappa shape index (κ3) is 4.10. The highest BCUT2D eigenvalue weighted by atomic mass is 32.1. The van der Waals surface area contributed by atoms with Crippen LogP contribution < -0.4 is 10.5 Å². The Morgan fingerprint density at radius 3 is 2.38 bits per heavy atom. The van der Waals surface area contributed by atoms with E-state index in [0.717, 1.165) is 5.56 Å². The molecule has 3 aromatic rings. The van der Waals surface area contributed by atoms with Gasteiger partial charge in [-0.3, -0.25) is 4.79 Å². The lowest BCUT2D eigenvalue weighted by Gasteiger charge is -2.15. The minimum absolute atomic E-state index is 0.0438. The predicted molar refractivity (Wildman–Crippen MR) is 98.2 cm³/mol. The van der Waals surface area contributed by atoms with E-state index in [4.69, 9.17) is 10.5 Å². The van der Waals surface area contributed by atoms with Crippen LogP contribution in [-0.2, 0) is 4.79 Å². The van der Waals surface area contributed by atoms with Crippen molar-refractivity contribution in [1.82, 2.24) is 0 Å². The Morgan fingerprint density at radius 1 is 1.00 bits per heavy atom. The number of benzene rings is 2. The topological polar surface area (TPSA) is 52.3 Å². The summed E-state index contributed by atoms with van der Waals surface area (Å²) in [7, 11) is 0. The number of nitrogens with two attached hydrogens (primary N) is 1. The van der Waals surface area contributed by atoms with Crippen LogP contribution in [0.15, 0.2) is 71.4 Å². The fourth-order valence-corrected chi connectivity index (χ4v) is 3.24. The Morgan fingerprint density at radius 2 is 1.75 bits per heavy atom. The molecule has 2 N–H and O–H groups in total. The van der Waals surface area contributed by atoms with Gasteiger partial charge in [0.2, 0.25) is 0 Å². The fraction of sp³-hybridized carbons (Fsp3) is 0.150. The van der Waals surface area contributed by atoms with Crippen molar-refractivity contribution in [3.8, 4) is 16.9 Å². The largest absolute Gasteiger partial charge is 0.427 e. The first-order valence-corrected chi connectivity index (χ1v) is 8.79. The molecule has 0 aliphatic heterocycles. The maximum Gasteiger partial charge on any atom is 0.311 e. The lowest BCUT2D eigenvalue weighted by molar-refractivity contribution is -0.134. The summed E-state index contributed by atoms with van der Waals surface area (Å²) < 4.78 is 5.36. The van der Waals surface area contributed by atoms with Crippen molar-refractivity contribution < 1.29 is 9.53 Å². The molecule has 0 amide bonds. The van der Waals surface area contributed by atoms with Gasteiger partial charge >= 0.3 is 5.97 Å². The molecule has 0 aliphatic carbocycles. The zero-order chi connectivity index (χ0) is 16.8. The first-order valence-electron chi connectivity index (χ1n) is 7.84. The maximum atomic E-state index is 12.1. The highest BCUT2D eigenvalue weighted by molar-refractivity contribution is 7.08. The lowest BCUT2D eigenvalue weighted by atomic mass is 9.94. The molecule has 0 spiro atoms. The Balaban J connectivity index is 1.66. The van der Waals surface area contributed by atoms with E-state index in [9.17, 15) is 4.79 Å². The average Bonchev–Trinajstić information content (AvgIpc) is 3.15. The monoisotopic (exact) mass is 337 g/mol. The third-order valence-electron chi connectivity index (χ3n) is 3.91. The zero-order valence-electron chi connectivity index (χ0n) is 13.2. The maximum absolute atomic E-state index is 12.1. The van der Waals surface area contributed by atoms with Crippen LogP contribution in [-0.4, -0.2) is 12.5 Å². The summed E-state index contributed by atoms with van der Waals surface area (Å²) in [5.74, 6) is 0.252. The van der Waals surface area contributed by atoms with Crippen molar-refractivity contribution in [3.63, 3.8) is 0 Å². The van der Waals surface area contributed by atoms with Crippen molar-refractivity contribution in [2.24, 2.45) is 5.73 Å². The number of hydrogen-bond donors (Lipinski definition) is 1. The van der Waals surface area contributed by atoms with Crippen LogP contribution in [0.1, 0.15) is 17.9 Å². The molecule has 0 saturated carbocycles.